The lowest BCUT2D eigenvalue weighted by molar-refractivity contribution is -0.141. The van der Waals surface area contributed by atoms with E-state index >= 15 is 0 Å². The maximum atomic E-state index is 11.0. The van der Waals surface area contributed by atoms with Gasteiger partial charge in [-0.1, -0.05) is 50.5 Å². The normalized spacial score (nSPS) is 12.2. The smallest absolute Gasteiger partial charge is 0.305 e. The molecule has 0 aliphatic heterocycles. The van der Waals surface area contributed by atoms with Crippen LogP contribution in [-0.4, -0.2) is 18.2 Å². The molecule has 1 unspecified atom stereocenters. The molecule has 0 aliphatic rings. The van der Waals surface area contributed by atoms with Crippen LogP contribution < -0.4 is 0 Å². The van der Waals surface area contributed by atoms with Gasteiger partial charge in [-0.25, -0.2) is 0 Å². The van der Waals surface area contributed by atoms with Crippen LogP contribution in [0.4, 0.5) is 0 Å². The van der Waals surface area contributed by atoms with E-state index in [1.807, 2.05) is 12.1 Å². The Morgan fingerprint density at radius 2 is 1.90 bits per heavy atom. The van der Waals surface area contributed by atoms with Crippen LogP contribution in [0.15, 0.2) is 24.3 Å². The molecule has 0 bridgehead atoms. The van der Waals surface area contributed by atoms with Crippen LogP contribution in [-0.2, 0) is 16.0 Å². The van der Waals surface area contributed by atoms with Gasteiger partial charge in [-0.15, -0.1) is 0 Å². The van der Waals surface area contributed by atoms with Crippen LogP contribution in [0.2, 0.25) is 0 Å². The Morgan fingerprint density at radius 3 is 2.50 bits per heavy atom. The summed E-state index contributed by atoms with van der Waals surface area (Å²) in [4.78, 5) is 11.0. The number of hydrogen-bond acceptors (Lipinski definition) is 3. The number of esters is 1. The van der Waals surface area contributed by atoms with E-state index in [0.29, 0.717) is 6.42 Å². The highest BCUT2D eigenvalue weighted by Gasteiger charge is 2.10. The van der Waals surface area contributed by atoms with Crippen molar-refractivity contribution in [2.45, 2.75) is 58.0 Å². The number of aryl methyl sites for hydroxylation is 1. The largest absolute Gasteiger partial charge is 0.469 e. The Bertz CT molecular complexity index is 384. The first-order chi connectivity index (χ1) is 9.67. The van der Waals surface area contributed by atoms with E-state index in [2.05, 4.69) is 23.8 Å². The Balaban J connectivity index is 2.38. The first-order valence-electron chi connectivity index (χ1n) is 7.51. The number of hydrogen-bond donors (Lipinski definition) is 1. The SMILES string of the molecule is CCCCCCc1ccc(C(O)CCC(=O)OC)cc1. The first-order valence-corrected chi connectivity index (χ1v) is 7.51. The summed E-state index contributed by atoms with van der Waals surface area (Å²) in [5.74, 6) is -0.281. The zero-order valence-electron chi connectivity index (χ0n) is 12.6. The zero-order valence-corrected chi connectivity index (χ0v) is 12.6. The van der Waals surface area contributed by atoms with Crippen molar-refractivity contribution in [3.8, 4) is 0 Å². The number of rotatable bonds is 9. The molecule has 1 N–H and O–H groups in total. The van der Waals surface area contributed by atoms with E-state index in [4.69, 9.17) is 0 Å². The van der Waals surface area contributed by atoms with Gasteiger partial charge in [0, 0.05) is 6.42 Å². The highest BCUT2D eigenvalue weighted by Crippen LogP contribution is 2.19. The minimum Gasteiger partial charge on any atom is -0.469 e. The van der Waals surface area contributed by atoms with Gasteiger partial charge in [-0.3, -0.25) is 4.79 Å². The molecule has 0 aliphatic carbocycles. The quantitative estimate of drug-likeness (QED) is 0.552. The van der Waals surface area contributed by atoms with Crippen LogP contribution in [0.25, 0.3) is 0 Å². The number of ether oxygens (including phenoxy) is 1. The van der Waals surface area contributed by atoms with Crippen molar-refractivity contribution in [2.75, 3.05) is 7.11 Å². The van der Waals surface area contributed by atoms with Crippen LogP contribution in [0.5, 0.6) is 0 Å². The monoisotopic (exact) mass is 278 g/mol. The van der Waals surface area contributed by atoms with E-state index in [-0.39, 0.29) is 12.4 Å². The average Bonchev–Trinajstić information content (AvgIpc) is 2.49. The third-order valence-electron chi connectivity index (χ3n) is 3.53. The summed E-state index contributed by atoms with van der Waals surface area (Å²) in [6.07, 6.45) is 6.20. The maximum absolute atomic E-state index is 11.0. The molecule has 0 radical (unpaired) electrons. The molecule has 0 aromatic heterocycles. The zero-order chi connectivity index (χ0) is 14.8. The molecule has 3 heteroatoms. The molecule has 1 atom stereocenters. The molecule has 0 spiro atoms. The van der Waals surface area contributed by atoms with Crippen LogP contribution in [0, 0.1) is 0 Å². The second-order valence-electron chi connectivity index (χ2n) is 5.18. The highest BCUT2D eigenvalue weighted by molar-refractivity contribution is 5.69. The standard InChI is InChI=1S/C17H26O3/c1-3-4-5-6-7-14-8-10-15(11-9-14)16(18)12-13-17(19)20-2/h8-11,16,18H,3-7,12-13H2,1-2H3. The lowest BCUT2D eigenvalue weighted by atomic mass is 10.0. The second-order valence-corrected chi connectivity index (χ2v) is 5.18. The predicted octanol–water partition coefficient (Wildman–Crippen LogP) is 3.80. The number of aliphatic hydroxyl groups is 1. The molecule has 1 aromatic carbocycles. The Kier molecular flexibility index (Phi) is 7.97. The molecular weight excluding hydrogens is 252 g/mol. The molecule has 3 nitrogen and oxygen atoms in total. The molecule has 1 aromatic rings. The fourth-order valence-corrected chi connectivity index (χ4v) is 2.19. The Labute approximate surface area is 122 Å². The van der Waals surface area contributed by atoms with E-state index in [0.717, 1.165) is 12.0 Å². The molecule has 0 amide bonds. The minimum absolute atomic E-state index is 0.246. The third-order valence-corrected chi connectivity index (χ3v) is 3.53. The van der Waals surface area contributed by atoms with Gasteiger partial charge < -0.3 is 9.84 Å². The van der Waals surface area contributed by atoms with Gasteiger partial charge in [0.1, 0.15) is 0 Å². The molecule has 1 rings (SSSR count). The van der Waals surface area contributed by atoms with Crippen molar-refractivity contribution >= 4 is 5.97 Å². The topological polar surface area (TPSA) is 46.5 Å². The summed E-state index contributed by atoms with van der Waals surface area (Å²) in [6.45, 7) is 2.21. The van der Waals surface area contributed by atoms with Gasteiger partial charge in [-0.05, 0) is 30.4 Å². The van der Waals surface area contributed by atoms with E-state index < -0.39 is 6.10 Å². The molecule has 112 valence electrons. The van der Waals surface area contributed by atoms with Crippen LogP contribution >= 0.6 is 0 Å². The summed E-state index contributed by atoms with van der Waals surface area (Å²) >= 11 is 0. The maximum Gasteiger partial charge on any atom is 0.305 e. The number of methoxy groups -OCH3 is 1. The van der Waals surface area contributed by atoms with Gasteiger partial charge in [0.2, 0.25) is 0 Å². The molecule has 0 saturated heterocycles. The van der Waals surface area contributed by atoms with Crippen molar-refractivity contribution in [3.05, 3.63) is 35.4 Å². The number of carbonyl (C=O) groups is 1. The second kappa shape index (κ2) is 9.54. The lowest BCUT2D eigenvalue weighted by Crippen LogP contribution is -2.05. The van der Waals surface area contributed by atoms with Gasteiger partial charge in [0.05, 0.1) is 13.2 Å². The Morgan fingerprint density at radius 1 is 1.20 bits per heavy atom. The fourth-order valence-electron chi connectivity index (χ4n) is 2.19. The van der Waals surface area contributed by atoms with Crippen molar-refractivity contribution in [1.82, 2.24) is 0 Å². The number of aliphatic hydroxyl groups excluding tert-OH is 1. The van der Waals surface area contributed by atoms with E-state index in [1.165, 1.54) is 38.4 Å². The summed E-state index contributed by atoms with van der Waals surface area (Å²) in [7, 11) is 1.36. The van der Waals surface area contributed by atoms with Gasteiger partial charge >= 0.3 is 5.97 Å². The predicted molar refractivity (Wildman–Crippen MR) is 80.5 cm³/mol. The minimum atomic E-state index is -0.594. The van der Waals surface area contributed by atoms with Crippen LogP contribution in [0.3, 0.4) is 0 Å². The molecular formula is C17H26O3. The summed E-state index contributed by atoms with van der Waals surface area (Å²) in [6, 6.07) is 8.06. The molecule has 20 heavy (non-hydrogen) atoms. The number of carbonyl (C=O) groups excluding carboxylic acids is 1. The highest BCUT2D eigenvalue weighted by atomic mass is 16.5. The van der Waals surface area contributed by atoms with Crippen molar-refractivity contribution in [1.29, 1.82) is 0 Å². The summed E-state index contributed by atoms with van der Waals surface area (Å²) < 4.78 is 4.57. The van der Waals surface area contributed by atoms with E-state index in [9.17, 15) is 9.90 Å². The number of benzene rings is 1. The molecule has 0 heterocycles. The van der Waals surface area contributed by atoms with Crippen molar-refractivity contribution in [2.24, 2.45) is 0 Å². The average molecular weight is 278 g/mol. The molecule has 0 saturated carbocycles. The van der Waals surface area contributed by atoms with E-state index in [1.54, 1.807) is 0 Å². The lowest BCUT2D eigenvalue weighted by Gasteiger charge is -2.11. The first kappa shape index (κ1) is 16.7. The Hall–Kier alpha value is -1.35. The van der Waals surface area contributed by atoms with Gasteiger partial charge in [0.25, 0.3) is 0 Å². The van der Waals surface area contributed by atoms with Gasteiger partial charge in [0.15, 0.2) is 0 Å². The summed E-state index contributed by atoms with van der Waals surface area (Å²) in [5, 5.41) is 9.99. The third kappa shape index (κ3) is 6.20. The van der Waals surface area contributed by atoms with Gasteiger partial charge in [-0.2, -0.15) is 0 Å². The van der Waals surface area contributed by atoms with Crippen LogP contribution in [0.1, 0.15) is 62.7 Å². The van der Waals surface area contributed by atoms with Crippen molar-refractivity contribution < 1.29 is 14.6 Å². The fraction of sp³-hybridized carbons (Fsp3) is 0.588. The number of unbranched alkanes of at least 4 members (excludes halogenated alkanes) is 3. The summed E-state index contributed by atoms with van der Waals surface area (Å²) in [5.41, 5.74) is 2.18. The van der Waals surface area contributed by atoms with Crippen molar-refractivity contribution in [3.63, 3.8) is 0 Å². The molecule has 0 fully saturated rings.